The highest BCUT2D eigenvalue weighted by Crippen LogP contribution is 2.22. The predicted molar refractivity (Wildman–Crippen MR) is 104 cm³/mol. The molecule has 4 rings (SSSR count). The summed E-state index contributed by atoms with van der Waals surface area (Å²) in [6, 6.07) is 8.27. The van der Waals surface area contributed by atoms with Crippen LogP contribution in [0.15, 0.2) is 36.7 Å². The molecule has 0 radical (unpaired) electrons. The largest absolute Gasteiger partial charge is 0.372 e. The SMILES string of the molecule is Cn1ccnc1N1CCC(NC(=O)c2cccc(N3CCCC3)c2)CC1. The predicted octanol–water partition coefficient (Wildman–Crippen LogP) is 2.42. The fourth-order valence-electron chi connectivity index (χ4n) is 3.97. The average Bonchev–Trinajstić information content (AvgIpc) is 3.34. The second-order valence-corrected chi connectivity index (χ2v) is 7.32. The number of carbonyl (C=O) groups is 1. The summed E-state index contributed by atoms with van der Waals surface area (Å²) in [6.07, 6.45) is 8.18. The Bertz CT molecular complexity index is 757. The Kier molecular flexibility index (Phi) is 4.82. The number of aromatic nitrogens is 2. The number of aryl methyl sites for hydroxylation is 1. The molecule has 2 aliphatic rings. The van der Waals surface area contributed by atoms with Gasteiger partial charge in [-0.2, -0.15) is 0 Å². The van der Waals surface area contributed by atoms with E-state index in [4.69, 9.17) is 0 Å². The van der Waals surface area contributed by atoms with Crippen molar-refractivity contribution in [3.8, 4) is 0 Å². The Morgan fingerprint density at radius 3 is 2.58 bits per heavy atom. The van der Waals surface area contributed by atoms with Crippen LogP contribution < -0.4 is 15.1 Å². The Morgan fingerprint density at radius 2 is 1.88 bits per heavy atom. The molecule has 1 aromatic heterocycles. The van der Waals surface area contributed by atoms with Gasteiger partial charge in [0.15, 0.2) is 0 Å². The molecule has 0 unspecified atom stereocenters. The molecular formula is C20H27N5O. The van der Waals surface area contributed by atoms with Crippen molar-refractivity contribution >= 4 is 17.5 Å². The van der Waals surface area contributed by atoms with Crippen LogP contribution in [0.2, 0.25) is 0 Å². The van der Waals surface area contributed by atoms with Gasteiger partial charge in [-0.15, -0.1) is 0 Å². The maximum Gasteiger partial charge on any atom is 0.251 e. The van der Waals surface area contributed by atoms with Gasteiger partial charge in [-0.25, -0.2) is 4.98 Å². The van der Waals surface area contributed by atoms with Crippen molar-refractivity contribution in [2.24, 2.45) is 7.05 Å². The second kappa shape index (κ2) is 7.40. The van der Waals surface area contributed by atoms with Crippen molar-refractivity contribution < 1.29 is 4.79 Å². The first kappa shape index (κ1) is 16.9. The van der Waals surface area contributed by atoms with Gasteiger partial charge in [0, 0.05) is 62.9 Å². The van der Waals surface area contributed by atoms with Gasteiger partial charge in [-0.05, 0) is 43.9 Å². The van der Waals surface area contributed by atoms with E-state index in [1.807, 2.05) is 42.2 Å². The summed E-state index contributed by atoms with van der Waals surface area (Å²) in [5, 5.41) is 3.22. The molecule has 1 amide bonds. The van der Waals surface area contributed by atoms with Gasteiger partial charge < -0.3 is 19.7 Å². The third-order valence-corrected chi connectivity index (χ3v) is 5.49. The molecule has 0 spiro atoms. The van der Waals surface area contributed by atoms with E-state index in [1.165, 1.54) is 18.5 Å². The van der Waals surface area contributed by atoms with Gasteiger partial charge in [-0.1, -0.05) is 6.07 Å². The van der Waals surface area contributed by atoms with E-state index in [9.17, 15) is 4.79 Å². The van der Waals surface area contributed by atoms with Crippen molar-refractivity contribution in [2.45, 2.75) is 31.7 Å². The highest BCUT2D eigenvalue weighted by atomic mass is 16.1. The summed E-state index contributed by atoms with van der Waals surface area (Å²) in [7, 11) is 2.02. The van der Waals surface area contributed by atoms with E-state index >= 15 is 0 Å². The lowest BCUT2D eigenvalue weighted by Gasteiger charge is -2.33. The molecule has 1 aromatic carbocycles. The van der Waals surface area contributed by atoms with Crippen molar-refractivity contribution in [3.05, 3.63) is 42.2 Å². The Morgan fingerprint density at radius 1 is 1.12 bits per heavy atom. The molecule has 0 atom stereocenters. The molecule has 1 N–H and O–H groups in total. The van der Waals surface area contributed by atoms with E-state index in [0.717, 1.165) is 50.5 Å². The number of piperidine rings is 1. The summed E-state index contributed by atoms with van der Waals surface area (Å²) in [5.41, 5.74) is 1.93. The standard InChI is InChI=1S/C20H27N5O/c1-23-14-9-21-20(23)25-12-7-17(8-13-25)22-19(26)16-5-4-6-18(15-16)24-10-2-3-11-24/h4-6,9,14-15,17H,2-3,7-8,10-13H2,1H3,(H,22,26). The van der Waals surface area contributed by atoms with E-state index < -0.39 is 0 Å². The monoisotopic (exact) mass is 353 g/mol. The molecule has 3 heterocycles. The summed E-state index contributed by atoms with van der Waals surface area (Å²) < 4.78 is 2.04. The molecule has 6 nitrogen and oxygen atoms in total. The summed E-state index contributed by atoms with van der Waals surface area (Å²) in [4.78, 5) is 21.8. The zero-order valence-corrected chi connectivity index (χ0v) is 15.4. The van der Waals surface area contributed by atoms with Gasteiger partial charge in [0.05, 0.1) is 0 Å². The third kappa shape index (κ3) is 3.54. The van der Waals surface area contributed by atoms with Gasteiger partial charge >= 0.3 is 0 Å². The normalized spacial score (nSPS) is 18.3. The molecule has 0 saturated carbocycles. The number of nitrogens with zero attached hydrogens (tertiary/aromatic N) is 4. The first-order valence-electron chi connectivity index (χ1n) is 9.59. The minimum atomic E-state index is 0.0430. The Balaban J connectivity index is 1.34. The van der Waals surface area contributed by atoms with Crippen molar-refractivity contribution in [3.63, 3.8) is 0 Å². The van der Waals surface area contributed by atoms with Crippen LogP contribution in [0.4, 0.5) is 11.6 Å². The number of imidazole rings is 1. The van der Waals surface area contributed by atoms with Crippen LogP contribution in [0, 0.1) is 0 Å². The molecule has 2 saturated heterocycles. The first-order valence-corrected chi connectivity index (χ1v) is 9.59. The van der Waals surface area contributed by atoms with Crippen LogP contribution >= 0.6 is 0 Å². The fourth-order valence-corrected chi connectivity index (χ4v) is 3.97. The van der Waals surface area contributed by atoms with Crippen LogP contribution in [0.25, 0.3) is 0 Å². The molecule has 2 aromatic rings. The number of hydrogen-bond acceptors (Lipinski definition) is 4. The highest BCUT2D eigenvalue weighted by Gasteiger charge is 2.23. The molecule has 0 bridgehead atoms. The molecule has 0 aliphatic carbocycles. The maximum absolute atomic E-state index is 12.7. The summed E-state index contributed by atoms with van der Waals surface area (Å²) >= 11 is 0. The van der Waals surface area contributed by atoms with Gasteiger partial charge in [0.2, 0.25) is 5.95 Å². The maximum atomic E-state index is 12.7. The van der Waals surface area contributed by atoms with Crippen LogP contribution in [-0.2, 0) is 7.05 Å². The fraction of sp³-hybridized carbons (Fsp3) is 0.500. The van der Waals surface area contributed by atoms with Gasteiger partial charge in [0.1, 0.15) is 0 Å². The van der Waals surface area contributed by atoms with E-state index in [0.29, 0.717) is 0 Å². The number of rotatable bonds is 4. The van der Waals surface area contributed by atoms with Crippen molar-refractivity contribution in [1.29, 1.82) is 0 Å². The van der Waals surface area contributed by atoms with Crippen molar-refractivity contribution in [1.82, 2.24) is 14.9 Å². The summed E-state index contributed by atoms with van der Waals surface area (Å²) in [6.45, 7) is 4.03. The zero-order valence-electron chi connectivity index (χ0n) is 15.4. The molecule has 138 valence electrons. The van der Waals surface area contributed by atoms with Gasteiger partial charge in [0.25, 0.3) is 5.91 Å². The Labute approximate surface area is 154 Å². The van der Waals surface area contributed by atoms with Gasteiger partial charge in [-0.3, -0.25) is 4.79 Å². The van der Waals surface area contributed by atoms with Crippen LogP contribution in [0.5, 0.6) is 0 Å². The number of hydrogen-bond donors (Lipinski definition) is 1. The minimum absolute atomic E-state index is 0.0430. The minimum Gasteiger partial charge on any atom is -0.372 e. The lowest BCUT2D eigenvalue weighted by molar-refractivity contribution is 0.0931. The number of carbonyl (C=O) groups excluding carboxylic acids is 1. The molecule has 2 aliphatic heterocycles. The van der Waals surface area contributed by atoms with Crippen LogP contribution in [-0.4, -0.2) is 47.7 Å². The molecule has 26 heavy (non-hydrogen) atoms. The first-order chi connectivity index (χ1) is 12.7. The van der Waals surface area contributed by atoms with E-state index in [2.05, 4.69) is 26.2 Å². The quantitative estimate of drug-likeness (QED) is 0.917. The molecule has 2 fully saturated rings. The molecule has 6 heteroatoms. The third-order valence-electron chi connectivity index (χ3n) is 5.49. The smallest absolute Gasteiger partial charge is 0.251 e. The van der Waals surface area contributed by atoms with Crippen LogP contribution in [0.3, 0.4) is 0 Å². The van der Waals surface area contributed by atoms with E-state index in [-0.39, 0.29) is 11.9 Å². The lowest BCUT2D eigenvalue weighted by Crippen LogP contribution is -2.45. The Hall–Kier alpha value is -2.50. The number of benzene rings is 1. The second-order valence-electron chi connectivity index (χ2n) is 7.32. The van der Waals surface area contributed by atoms with Crippen molar-refractivity contribution in [2.75, 3.05) is 36.0 Å². The van der Waals surface area contributed by atoms with E-state index in [1.54, 1.807) is 0 Å². The lowest BCUT2D eigenvalue weighted by atomic mass is 10.0. The number of nitrogens with one attached hydrogen (secondary N) is 1. The molecular weight excluding hydrogens is 326 g/mol. The highest BCUT2D eigenvalue weighted by molar-refractivity contribution is 5.95. The number of anilines is 2. The topological polar surface area (TPSA) is 53.4 Å². The van der Waals surface area contributed by atoms with Crippen LogP contribution in [0.1, 0.15) is 36.0 Å². The summed E-state index contributed by atoms with van der Waals surface area (Å²) in [5.74, 6) is 1.05. The zero-order chi connectivity index (χ0) is 17.9. The average molecular weight is 353 g/mol. The number of amides is 1.